The van der Waals surface area contributed by atoms with Crippen LogP contribution in [0.15, 0.2) is 41.3 Å². The van der Waals surface area contributed by atoms with Crippen molar-refractivity contribution in [2.75, 3.05) is 5.32 Å². The molecule has 11 heteroatoms. The van der Waals surface area contributed by atoms with Gasteiger partial charge in [0.05, 0.1) is 5.52 Å². The van der Waals surface area contributed by atoms with Crippen LogP contribution in [0.2, 0.25) is 0 Å². The fourth-order valence-electron chi connectivity index (χ4n) is 5.67. The number of nitrogens with zero attached hydrogens (tertiary/aromatic N) is 6. The van der Waals surface area contributed by atoms with Crippen molar-refractivity contribution in [3.8, 4) is 11.1 Å². The molecular weight excluding hydrogens is 598 g/mol. The third-order valence-corrected chi connectivity index (χ3v) is 8.71. The average Bonchev–Trinajstić information content (AvgIpc) is 3.41. The SMILES string of the molecule is CC(=O)c1nn(CC(=O)N2[C@H](C(=O)Nc3nc(Br)ccc3C)CC(C)(C)[C@H]2C)c2c(C)cc(-c3cnc(C)nc3)cc12. The Hall–Kier alpha value is -3.99. The number of carbonyl (C=O) groups excluding carboxylic acids is 3. The lowest BCUT2D eigenvalue weighted by atomic mass is 9.84. The maximum atomic E-state index is 14.0. The third-order valence-electron chi connectivity index (χ3n) is 8.27. The van der Waals surface area contributed by atoms with Crippen LogP contribution in [0.3, 0.4) is 0 Å². The number of pyridine rings is 1. The van der Waals surface area contributed by atoms with E-state index in [-0.39, 0.29) is 41.3 Å². The first-order chi connectivity index (χ1) is 19.8. The maximum Gasteiger partial charge on any atom is 0.248 e. The summed E-state index contributed by atoms with van der Waals surface area (Å²) < 4.78 is 2.20. The third kappa shape index (κ3) is 5.45. The summed E-state index contributed by atoms with van der Waals surface area (Å²) in [5, 5.41) is 8.19. The van der Waals surface area contributed by atoms with Crippen LogP contribution in [-0.2, 0) is 16.1 Å². The van der Waals surface area contributed by atoms with Crippen molar-refractivity contribution in [1.82, 2.24) is 29.6 Å². The highest BCUT2D eigenvalue weighted by Crippen LogP contribution is 2.41. The van der Waals surface area contributed by atoms with E-state index in [1.807, 2.05) is 52.0 Å². The van der Waals surface area contributed by atoms with Crippen molar-refractivity contribution in [3.05, 3.63) is 63.9 Å². The van der Waals surface area contributed by atoms with E-state index in [9.17, 15) is 14.4 Å². The van der Waals surface area contributed by atoms with E-state index in [1.54, 1.807) is 22.0 Å². The second kappa shape index (κ2) is 11.0. The van der Waals surface area contributed by atoms with Gasteiger partial charge in [0.2, 0.25) is 11.8 Å². The van der Waals surface area contributed by atoms with E-state index in [0.29, 0.717) is 33.6 Å². The molecule has 0 radical (unpaired) electrons. The highest BCUT2D eigenvalue weighted by atomic mass is 79.9. The van der Waals surface area contributed by atoms with Gasteiger partial charge < -0.3 is 10.2 Å². The maximum absolute atomic E-state index is 14.0. The Labute approximate surface area is 253 Å². The normalized spacial score (nSPS) is 18.0. The van der Waals surface area contributed by atoms with Crippen molar-refractivity contribution in [3.63, 3.8) is 0 Å². The topological polar surface area (TPSA) is 123 Å². The minimum absolute atomic E-state index is 0.115. The van der Waals surface area contributed by atoms with Crippen LogP contribution in [-0.4, -0.2) is 59.3 Å². The van der Waals surface area contributed by atoms with Crippen molar-refractivity contribution in [2.24, 2.45) is 5.41 Å². The van der Waals surface area contributed by atoms with E-state index >= 15 is 0 Å². The zero-order chi connectivity index (χ0) is 30.5. The lowest BCUT2D eigenvalue weighted by Crippen LogP contribution is -2.48. The van der Waals surface area contributed by atoms with Gasteiger partial charge in [-0.15, -0.1) is 0 Å². The van der Waals surface area contributed by atoms with Crippen molar-refractivity contribution < 1.29 is 14.4 Å². The Morgan fingerprint density at radius 1 is 1.05 bits per heavy atom. The second-order valence-electron chi connectivity index (χ2n) is 11.7. The van der Waals surface area contributed by atoms with Gasteiger partial charge in [-0.3, -0.25) is 19.1 Å². The smallest absolute Gasteiger partial charge is 0.248 e. The van der Waals surface area contributed by atoms with Crippen LogP contribution in [0.1, 0.15) is 61.6 Å². The Morgan fingerprint density at radius 3 is 2.40 bits per heavy atom. The standard InChI is InChI=1S/C31H34BrN7O3/c1-16-8-9-25(32)35-29(16)36-30(42)24-12-31(6,7)19(4)39(24)26(41)15-38-28-17(2)10-21(22-13-33-20(5)34-14-22)11-23(28)27(37-38)18(3)40/h8-11,13-14,19,24H,12,15H2,1-7H3,(H,35,36,42)/t19-,24+/m1/s1. The molecule has 0 spiro atoms. The monoisotopic (exact) mass is 631 g/mol. The molecule has 2 amide bonds. The second-order valence-corrected chi connectivity index (χ2v) is 12.6. The summed E-state index contributed by atoms with van der Waals surface area (Å²) in [7, 11) is 0. The van der Waals surface area contributed by atoms with Gasteiger partial charge in [0.1, 0.15) is 34.5 Å². The predicted molar refractivity (Wildman–Crippen MR) is 164 cm³/mol. The number of hydrogen-bond donors (Lipinski definition) is 1. The largest absolute Gasteiger partial charge is 0.326 e. The number of benzene rings is 1. The number of amides is 2. The number of ketones is 1. The summed E-state index contributed by atoms with van der Waals surface area (Å²) in [6.07, 6.45) is 3.99. The molecule has 4 aromatic rings. The first-order valence-corrected chi connectivity index (χ1v) is 14.6. The summed E-state index contributed by atoms with van der Waals surface area (Å²) in [6, 6.07) is 6.66. The molecule has 10 nitrogen and oxygen atoms in total. The first kappa shape index (κ1) is 29.5. The number of nitrogens with one attached hydrogen (secondary N) is 1. The van der Waals surface area contributed by atoms with Gasteiger partial charge in [0, 0.05) is 36.3 Å². The molecule has 2 atom stereocenters. The molecule has 1 aliphatic rings. The van der Waals surface area contributed by atoms with E-state index in [2.05, 4.69) is 55.1 Å². The Morgan fingerprint density at radius 2 is 1.74 bits per heavy atom. The predicted octanol–water partition coefficient (Wildman–Crippen LogP) is 5.43. The summed E-state index contributed by atoms with van der Waals surface area (Å²) in [5.41, 5.74) is 4.05. The summed E-state index contributed by atoms with van der Waals surface area (Å²) in [5.74, 6) is 0.385. The van der Waals surface area contributed by atoms with Crippen LogP contribution < -0.4 is 5.32 Å². The number of aromatic nitrogens is 5. The molecule has 218 valence electrons. The van der Waals surface area contributed by atoms with Crippen LogP contribution in [0, 0.1) is 26.2 Å². The molecule has 0 aliphatic carbocycles. The lowest BCUT2D eigenvalue weighted by Gasteiger charge is -2.31. The number of halogens is 1. The quantitative estimate of drug-likeness (QED) is 0.222. The molecule has 1 aliphatic heterocycles. The van der Waals surface area contributed by atoms with Crippen molar-refractivity contribution in [1.29, 1.82) is 0 Å². The number of aryl methyl sites for hydroxylation is 3. The molecular formula is C31H34BrN7O3. The Kier molecular flexibility index (Phi) is 7.74. The van der Waals surface area contributed by atoms with Gasteiger partial charge in [-0.25, -0.2) is 15.0 Å². The number of Topliss-reactive ketones (excluding diaryl/α,β-unsaturated/α-hetero) is 1. The molecule has 0 saturated carbocycles. The molecule has 0 unspecified atom stereocenters. The van der Waals surface area contributed by atoms with Gasteiger partial charge >= 0.3 is 0 Å². The molecule has 3 aromatic heterocycles. The zero-order valence-electron chi connectivity index (χ0n) is 24.8. The molecule has 0 bridgehead atoms. The van der Waals surface area contributed by atoms with Gasteiger partial charge in [0.25, 0.3) is 0 Å². The Balaban J connectivity index is 1.49. The fraction of sp³-hybridized carbons (Fsp3) is 0.387. The highest BCUT2D eigenvalue weighted by Gasteiger charge is 2.49. The molecule has 1 fully saturated rings. The van der Waals surface area contributed by atoms with Crippen LogP contribution in [0.25, 0.3) is 22.0 Å². The zero-order valence-corrected chi connectivity index (χ0v) is 26.4. The van der Waals surface area contributed by atoms with Crippen LogP contribution in [0.5, 0.6) is 0 Å². The summed E-state index contributed by atoms with van der Waals surface area (Å²) >= 11 is 3.36. The minimum atomic E-state index is -0.689. The number of anilines is 1. The molecule has 1 saturated heterocycles. The first-order valence-electron chi connectivity index (χ1n) is 13.8. The summed E-state index contributed by atoms with van der Waals surface area (Å²) in [6.45, 7) is 13.1. The van der Waals surface area contributed by atoms with E-state index in [0.717, 1.165) is 22.3 Å². The van der Waals surface area contributed by atoms with Crippen LogP contribution in [0.4, 0.5) is 5.82 Å². The van der Waals surface area contributed by atoms with Gasteiger partial charge in [-0.1, -0.05) is 19.9 Å². The van der Waals surface area contributed by atoms with Crippen LogP contribution >= 0.6 is 15.9 Å². The molecule has 1 N–H and O–H groups in total. The highest BCUT2D eigenvalue weighted by molar-refractivity contribution is 9.10. The number of carbonyl (C=O) groups is 3. The van der Waals surface area contributed by atoms with Gasteiger partial charge in [-0.05, 0) is 90.4 Å². The summed E-state index contributed by atoms with van der Waals surface area (Å²) in [4.78, 5) is 54.9. The molecule has 5 rings (SSSR count). The molecule has 4 heterocycles. The van der Waals surface area contributed by atoms with Crippen molar-refractivity contribution in [2.45, 2.75) is 73.5 Å². The fourth-order valence-corrected chi connectivity index (χ4v) is 5.98. The molecule has 1 aromatic carbocycles. The number of rotatable bonds is 6. The number of hydrogen-bond acceptors (Lipinski definition) is 7. The van der Waals surface area contributed by atoms with E-state index < -0.39 is 6.04 Å². The molecule has 42 heavy (non-hydrogen) atoms. The number of likely N-dealkylation sites (tertiary alicyclic amines) is 1. The van der Waals surface area contributed by atoms with E-state index in [1.165, 1.54) is 6.92 Å². The number of fused-ring (bicyclic) bond motifs is 1. The van der Waals surface area contributed by atoms with Gasteiger partial charge in [-0.2, -0.15) is 5.10 Å². The lowest BCUT2D eigenvalue weighted by molar-refractivity contribution is -0.139. The Bertz CT molecular complexity index is 1730. The van der Waals surface area contributed by atoms with E-state index in [4.69, 9.17) is 0 Å². The van der Waals surface area contributed by atoms with Gasteiger partial charge in [0.15, 0.2) is 5.78 Å². The average molecular weight is 633 g/mol. The van der Waals surface area contributed by atoms with Crippen molar-refractivity contribution >= 4 is 50.2 Å². The minimum Gasteiger partial charge on any atom is -0.326 e.